The number of aromatic nitrogens is 1. The molecule has 0 aliphatic rings. The van der Waals surface area contributed by atoms with Crippen LogP contribution in [0.4, 0.5) is 24.7 Å². The number of halogens is 3. The van der Waals surface area contributed by atoms with Crippen molar-refractivity contribution in [1.82, 2.24) is 4.98 Å². The zero-order valence-corrected chi connectivity index (χ0v) is 15.6. The van der Waals surface area contributed by atoms with Crippen LogP contribution in [-0.2, 0) is 11.0 Å². The molecule has 9 heteroatoms. The van der Waals surface area contributed by atoms with E-state index in [0.717, 1.165) is 12.3 Å². The van der Waals surface area contributed by atoms with Gasteiger partial charge < -0.3 is 10.1 Å². The quantitative estimate of drug-likeness (QED) is 0.439. The highest BCUT2D eigenvalue weighted by Crippen LogP contribution is 2.28. The molecule has 3 rings (SSSR count). The van der Waals surface area contributed by atoms with E-state index in [2.05, 4.69) is 20.8 Å². The zero-order chi connectivity index (χ0) is 21.4. The van der Waals surface area contributed by atoms with Gasteiger partial charge in [-0.25, -0.2) is 4.98 Å². The molecule has 0 saturated carbocycles. The molecule has 0 unspecified atom stereocenters. The van der Waals surface area contributed by atoms with Crippen LogP contribution in [0.1, 0.15) is 11.1 Å². The molecule has 0 radical (unpaired) electrons. The topological polar surface area (TPSA) is 75.6 Å². The summed E-state index contributed by atoms with van der Waals surface area (Å²) in [6.45, 7) is -0.201. The van der Waals surface area contributed by atoms with Gasteiger partial charge in [0.25, 0.3) is 5.91 Å². The molecular weight excluding hydrogens is 397 g/mol. The SMILES string of the molecule is O=C(COc1ccccc1/C=N\Nc1ccc(C(F)(F)F)cn1)Nc1ccccc1. The Balaban J connectivity index is 1.57. The predicted molar refractivity (Wildman–Crippen MR) is 107 cm³/mol. The summed E-state index contributed by atoms with van der Waals surface area (Å²) >= 11 is 0. The number of pyridine rings is 1. The van der Waals surface area contributed by atoms with Crippen molar-refractivity contribution in [2.45, 2.75) is 6.18 Å². The van der Waals surface area contributed by atoms with Crippen LogP contribution in [0.3, 0.4) is 0 Å². The van der Waals surface area contributed by atoms with Crippen molar-refractivity contribution >= 4 is 23.6 Å². The van der Waals surface area contributed by atoms with Crippen molar-refractivity contribution in [2.75, 3.05) is 17.3 Å². The lowest BCUT2D eigenvalue weighted by molar-refractivity contribution is -0.137. The molecule has 154 valence electrons. The second-order valence-corrected chi connectivity index (χ2v) is 6.04. The number of hydrogen-bond donors (Lipinski definition) is 2. The smallest absolute Gasteiger partial charge is 0.417 e. The van der Waals surface area contributed by atoms with E-state index in [-0.39, 0.29) is 18.3 Å². The number of para-hydroxylation sites is 2. The Morgan fingerprint density at radius 2 is 1.77 bits per heavy atom. The van der Waals surface area contributed by atoms with Gasteiger partial charge in [0, 0.05) is 17.4 Å². The highest BCUT2D eigenvalue weighted by molar-refractivity contribution is 5.92. The maximum atomic E-state index is 12.6. The fraction of sp³-hybridized carbons (Fsp3) is 0.0952. The molecule has 1 aromatic heterocycles. The maximum Gasteiger partial charge on any atom is 0.417 e. The molecule has 0 aliphatic heterocycles. The highest BCUT2D eigenvalue weighted by Gasteiger charge is 2.30. The van der Waals surface area contributed by atoms with Crippen LogP contribution in [0, 0.1) is 0 Å². The molecule has 30 heavy (non-hydrogen) atoms. The number of nitrogens with one attached hydrogen (secondary N) is 2. The third kappa shape index (κ3) is 6.06. The van der Waals surface area contributed by atoms with Crippen LogP contribution in [-0.4, -0.2) is 23.7 Å². The summed E-state index contributed by atoms with van der Waals surface area (Å²) in [5, 5.41) is 6.67. The lowest BCUT2D eigenvalue weighted by Crippen LogP contribution is -2.20. The predicted octanol–water partition coefficient (Wildman–Crippen LogP) is 4.56. The Bertz CT molecular complexity index is 1010. The van der Waals surface area contributed by atoms with Gasteiger partial charge in [-0.3, -0.25) is 10.2 Å². The number of anilines is 2. The number of carbonyl (C=O) groups is 1. The van der Waals surface area contributed by atoms with Gasteiger partial charge in [-0.1, -0.05) is 30.3 Å². The summed E-state index contributed by atoms with van der Waals surface area (Å²) in [4.78, 5) is 15.7. The fourth-order valence-electron chi connectivity index (χ4n) is 2.38. The molecule has 0 atom stereocenters. The number of hydrazone groups is 1. The minimum atomic E-state index is -4.45. The largest absolute Gasteiger partial charge is 0.483 e. The number of hydrogen-bond acceptors (Lipinski definition) is 5. The van der Waals surface area contributed by atoms with E-state index in [4.69, 9.17) is 4.74 Å². The standard InChI is InChI=1S/C21H17F3N4O2/c22-21(23,24)16-10-11-19(25-13-16)28-26-12-15-6-4-5-9-18(15)30-14-20(29)27-17-7-2-1-3-8-17/h1-13H,14H2,(H,25,28)(H,27,29)/b26-12-. The van der Waals surface area contributed by atoms with Gasteiger partial charge in [-0.05, 0) is 36.4 Å². The van der Waals surface area contributed by atoms with Gasteiger partial charge in [0.15, 0.2) is 6.61 Å². The molecule has 1 amide bonds. The first kappa shape index (κ1) is 20.8. The summed E-state index contributed by atoms with van der Waals surface area (Å²) < 4.78 is 43.2. The lowest BCUT2D eigenvalue weighted by Gasteiger charge is -2.09. The van der Waals surface area contributed by atoms with Crippen molar-refractivity contribution in [3.63, 3.8) is 0 Å². The van der Waals surface area contributed by atoms with Gasteiger partial charge >= 0.3 is 6.18 Å². The van der Waals surface area contributed by atoms with E-state index in [9.17, 15) is 18.0 Å². The highest BCUT2D eigenvalue weighted by atomic mass is 19.4. The van der Waals surface area contributed by atoms with Gasteiger partial charge in [0.2, 0.25) is 0 Å². The minimum absolute atomic E-state index is 0.153. The Hall–Kier alpha value is -3.88. The van der Waals surface area contributed by atoms with Crippen molar-refractivity contribution < 1.29 is 22.7 Å². The monoisotopic (exact) mass is 414 g/mol. The summed E-state index contributed by atoms with van der Waals surface area (Å²) in [5.74, 6) is 0.256. The number of alkyl halides is 3. The van der Waals surface area contributed by atoms with E-state index >= 15 is 0 Å². The fourth-order valence-corrected chi connectivity index (χ4v) is 2.38. The Kier molecular flexibility index (Phi) is 6.63. The van der Waals surface area contributed by atoms with Gasteiger partial charge in [-0.15, -0.1) is 0 Å². The van der Waals surface area contributed by atoms with Crippen LogP contribution in [0.25, 0.3) is 0 Å². The molecule has 0 bridgehead atoms. The molecule has 0 saturated heterocycles. The van der Waals surface area contributed by atoms with Gasteiger partial charge in [-0.2, -0.15) is 18.3 Å². The van der Waals surface area contributed by atoms with Crippen molar-refractivity contribution in [1.29, 1.82) is 0 Å². The van der Waals surface area contributed by atoms with Crippen LogP contribution in [0.15, 0.2) is 78.0 Å². The Morgan fingerprint density at radius 3 is 2.47 bits per heavy atom. The zero-order valence-electron chi connectivity index (χ0n) is 15.6. The molecule has 1 heterocycles. The van der Waals surface area contributed by atoms with Crippen LogP contribution >= 0.6 is 0 Å². The molecule has 0 fully saturated rings. The van der Waals surface area contributed by atoms with Crippen LogP contribution in [0.5, 0.6) is 5.75 Å². The van der Waals surface area contributed by atoms with E-state index in [1.165, 1.54) is 12.3 Å². The Morgan fingerprint density at radius 1 is 1.03 bits per heavy atom. The Labute approximate surface area is 170 Å². The number of amides is 1. The van der Waals surface area contributed by atoms with Gasteiger partial charge in [0.05, 0.1) is 11.8 Å². The third-order valence-corrected chi connectivity index (χ3v) is 3.81. The van der Waals surface area contributed by atoms with E-state index in [0.29, 0.717) is 17.0 Å². The number of rotatable bonds is 7. The summed E-state index contributed by atoms with van der Waals surface area (Å²) in [6, 6.07) is 18.0. The number of benzene rings is 2. The number of carbonyl (C=O) groups excluding carboxylic acids is 1. The first-order valence-electron chi connectivity index (χ1n) is 8.81. The van der Waals surface area contributed by atoms with Crippen LogP contribution in [0.2, 0.25) is 0 Å². The van der Waals surface area contributed by atoms with Gasteiger partial charge in [0.1, 0.15) is 11.6 Å². The first-order valence-corrected chi connectivity index (χ1v) is 8.81. The second-order valence-electron chi connectivity index (χ2n) is 6.04. The molecule has 2 aromatic carbocycles. The third-order valence-electron chi connectivity index (χ3n) is 3.81. The van der Waals surface area contributed by atoms with E-state index < -0.39 is 11.7 Å². The summed E-state index contributed by atoms with van der Waals surface area (Å²) in [6.07, 6.45) is -2.30. The second kappa shape index (κ2) is 9.55. The number of ether oxygens (including phenoxy) is 1. The molecule has 3 aromatic rings. The summed E-state index contributed by atoms with van der Waals surface area (Å²) in [7, 11) is 0. The molecular formula is C21H17F3N4O2. The average Bonchev–Trinajstić information content (AvgIpc) is 2.73. The number of nitrogens with zero attached hydrogens (tertiary/aromatic N) is 2. The lowest BCUT2D eigenvalue weighted by atomic mass is 10.2. The van der Waals surface area contributed by atoms with E-state index in [1.54, 1.807) is 48.5 Å². The molecule has 2 N–H and O–H groups in total. The summed E-state index contributed by atoms with van der Waals surface area (Å²) in [5.41, 5.74) is 2.94. The van der Waals surface area contributed by atoms with Crippen molar-refractivity contribution in [2.24, 2.45) is 5.10 Å². The van der Waals surface area contributed by atoms with Crippen molar-refractivity contribution in [3.05, 3.63) is 84.1 Å². The van der Waals surface area contributed by atoms with E-state index in [1.807, 2.05) is 6.07 Å². The first-order chi connectivity index (χ1) is 14.4. The van der Waals surface area contributed by atoms with Crippen molar-refractivity contribution in [3.8, 4) is 5.75 Å². The molecule has 6 nitrogen and oxygen atoms in total. The normalized spacial score (nSPS) is 11.3. The maximum absolute atomic E-state index is 12.6. The van der Waals surface area contributed by atoms with Crippen LogP contribution < -0.4 is 15.5 Å². The minimum Gasteiger partial charge on any atom is -0.483 e. The average molecular weight is 414 g/mol. The molecule has 0 spiro atoms. The molecule has 0 aliphatic carbocycles.